The van der Waals surface area contributed by atoms with Crippen LogP contribution in [0, 0.1) is 0 Å². The molecule has 4 rings (SSSR count). The van der Waals surface area contributed by atoms with Crippen LogP contribution in [-0.2, 0) is 6.54 Å². The van der Waals surface area contributed by atoms with Gasteiger partial charge in [-0.1, -0.05) is 6.42 Å². The van der Waals surface area contributed by atoms with Gasteiger partial charge in [0.25, 0.3) is 0 Å². The lowest BCUT2D eigenvalue weighted by Gasteiger charge is -2.49. The smallest absolute Gasteiger partial charge is 0.118 e. The number of methoxy groups -OCH3 is 1. The summed E-state index contributed by atoms with van der Waals surface area (Å²) in [6.45, 7) is 6.99. The van der Waals surface area contributed by atoms with Crippen molar-refractivity contribution in [1.82, 2.24) is 20.0 Å². The van der Waals surface area contributed by atoms with Crippen molar-refractivity contribution in [3.8, 4) is 17.0 Å². The van der Waals surface area contributed by atoms with E-state index in [1.54, 1.807) is 7.11 Å². The molecule has 5 heteroatoms. The number of H-pyrrole nitrogens is 1. The molecule has 0 saturated carbocycles. The van der Waals surface area contributed by atoms with Crippen LogP contribution in [0.4, 0.5) is 0 Å². The molecule has 2 fully saturated rings. The van der Waals surface area contributed by atoms with Crippen molar-refractivity contribution in [3.63, 3.8) is 0 Å². The zero-order valence-corrected chi connectivity index (χ0v) is 15.2. The van der Waals surface area contributed by atoms with E-state index in [1.807, 2.05) is 18.3 Å². The maximum absolute atomic E-state index is 5.25. The van der Waals surface area contributed by atoms with Crippen LogP contribution in [-0.4, -0.2) is 58.8 Å². The van der Waals surface area contributed by atoms with Crippen molar-refractivity contribution in [2.45, 2.75) is 44.8 Å². The summed E-state index contributed by atoms with van der Waals surface area (Å²) in [5.41, 5.74) is 3.56. The minimum absolute atomic E-state index is 0.742. The van der Waals surface area contributed by atoms with E-state index in [9.17, 15) is 0 Å². The number of aromatic nitrogens is 2. The summed E-state index contributed by atoms with van der Waals surface area (Å²) in [5, 5.41) is 7.45. The molecule has 1 aromatic heterocycles. The summed E-state index contributed by atoms with van der Waals surface area (Å²) < 4.78 is 5.25. The molecule has 0 aliphatic carbocycles. The first-order valence-corrected chi connectivity index (χ1v) is 9.39. The van der Waals surface area contributed by atoms with Gasteiger partial charge < -0.3 is 4.74 Å². The molecule has 134 valence electrons. The minimum Gasteiger partial charge on any atom is -0.497 e. The topological polar surface area (TPSA) is 44.4 Å². The molecule has 2 aliphatic rings. The lowest BCUT2D eigenvalue weighted by atomic mass is 9.97. The molecular weight excluding hydrogens is 312 g/mol. The number of piperidine rings is 1. The quantitative estimate of drug-likeness (QED) is 0.908. The third kappa shape index (κ3) is 3.44. The molecule has 1 aromatic carbocycles. The number of nitrogens with one attached hydrogen (secondary N) is 1. The molecule has 1 atom stereocenters. The average molecular weight is 340 g/mol. The molecule has 0 unspecified atom stereocenters. The Morgan fingerprint density at radius 1 is 1.20 bits per heavy atom. The van der Waals surface area contributed by atoms with Crippen molar-refractivity contribution in [2.24, 2.45) is 0 Å². The second-order valence-corrected chi connectivity index (χ2v) is 7.43. The molecule has 0 radical (unpaired) electrons. The van der Waals surface area contributed by atoms with Crippen LogP contribution in [0.15, 0.2) is 30.5 Å². The maximum atomic E-state index is 5.25. The van der Waals surface area contributed by atoms with Gasteiger partial charge in [-0.3, -0.25) is 14.9 Å². The Labute approximate surface area is 150 Å². The Balaban J connectivity index is 1.37. The van der Waals surface area contributed by atoms with E-state index in [1.165, 1.54) is 44.5 Å². The van der Waals surface area contributed by atoms with Crippen molar-refractivity contribution in [2.75, 3.05) is 26.7 Å². The van der Waals surface area contributed by atoms with Crippen molar-refractivity contribution >= 4 is 0 Å². The van der Waals surface area contributed by atoms with Gasteiger partial charge in [-0.2, -0.15) is 5.10 Å². The third-order valence-electron chi connectivity index (χ3n) is 5.75. The Bertz CT molecular complexity index is 690. The zero-order chi connectivity index (χ0) is 17.2. The minimum atomic E-state index is 0.742. The van der Waals surface area contributed by atoms with Crippen LogP contribution in [0.5, 0.6) is 5.75 Å². The Morgan fingerprint density at radius 2 is 2.00 bits per heavy atom. The van der Waals surface area contributed by atoms with E-state index in [4.69, 9.17) is 4.74 Å². The molecule has 0 amide bonds. The van der Waals surface area contributed by atoms with Gasteiger partial charge in [0.05, 0.1) is 19.0 Å². The molecular formula is C20H28N4O. The molecule has 3 heterocycles. The highest BCUT2D eigenvalue weighted by Gasteiger charge is 2.35. The van der Waals surface area contributed by atoms with Gasteiger partial charge in [0.15, 0.2) is 0 Å². The normalized spacial score (nSPS) is 22.7. The van der Waals surface area contributed by atoms with Crippen LogP contribution in [0.1, 0.15) is 31.7 Å². The SMILES string of the molecule is COc1ccc(-c2[nH]ncc2CN2CC(N3CCCC[C@@H]3C)C2)cc1. The fourth-order valence-corrected chi connectivity index (χ4v) is 4.22. The number of benzene rings is 1. The standard InChI is InChI=1S/C20H28N4O/c1-15-5-3-4-10-24(15)18-13-23(14-18)12-17-11-21-22-20(17)16-6-8-19(25-2)9-7-16/h6-9,11,15,18H,3-5,10,12-14H2,1-2H3,(H,21,22)/t15-/m0/s1. The Kier molecular flexibility index (Phi) is 4.77. The van der Waals surface area contributed by atoms with Crippen LogP contribution in [0.2, 0.25) is 0 Å². The van der Waals surface area contributed by atoms with Gasteiger partial charge >= 0.3 is 0 Å². The van der Waals surface area contributed by atoms with E-state index in [2.05, 4.69) is 39.1 Å². The Hall–Kier alpha value is -1.85. The van der Waals surface area contributed by atoms with Gasteiger partial charge in [0.1, 0.15) is 5.75 Å². The van der Waals surface area contributed by atoms with E-state index in [0.717, 1.165) is 35.6 Å². The highest BCUT2D eigenvalue weighted by molar-refractivity contribution is 5.63. The summed E-state index contributed by atoms with van der Waals surface area (Å²) in [6, 6.07) is 9.67. The van der Waals surface area contributed by atoms with Crippen LogP contribution >= 0.6 is 0 Å². The number of hydrogen-bond donors (Lipinski definition) is 1. The van der Waals surface area contributed by atoms with Gasteiger partial charge in [0.2, 0.25) is 0 Å². The van der Waals surface area contributed by atoms with Crippen LogP contribution < -0.4 is 4.74 Å². The number of rotatable bonds is 5. The second-order valence-electron chi connectivity index (χ2n) is 7.43. The van der Waals surface area contributed by atoms with Crippen molar-refractivity contribution in [1.29, 1.82) is 0 Å². The van der Waals surface area contributed by atoms with E-state index >= 15 is 0 Å². The summed E-state index contributed by atoms with van der Waals surface area (Å²) >= 11 is 0. The van der Waals surface area contributed by atoms with Crippen LogP contribution in [0.3, 0.4) is 0 Å². The van der Waals surface area contributed by atoms with E-state index in [0.29, 0.717) is 0 Å². The van der Waals surface area contributed by atoms with Crippen molar-refractivity contribution < 1.29 is 4.74 Å². The average Bonchev–Trinajstić information content (AvgIpc) is 3.07. The number of likely N-dealkylation sites (tertiary alicyclic amines) is 2. The first kappa shape index (κ1) is 16.6. The Morgan fingerprint density at radius 3 is 2.72 bits per heavy atom. The molecule has 0 bridgehead atoms. The van der Waals surface area contributed by atoms with Crippen LogP contribution in [0.25, 0.3) is 11.3 Å². The van der Waals surface area contributed by atoms with Gasteiger partial charge in [-0.05, 0) is 50.6 Å². The summed E-state index contributed by atoms with van der Waals surface area (Å²) in [5.74, 6) is 0.881. The maximum Gasteiger partial charge on any atom is 0.118 e. The molecule has 2 aliphatic heterocycles. The first-order chi connectivity index (χ1) is 12.2. The third-order valence-corrected chi connectivity index (χ3v) is 5.75. The highest BCUT2D eigenvalue weighted by atomic mass is 16.5. The molecule has 1 N–H and O–H groups in total. The van der Waals surface area contributed by atoms with E-state index < -0.39 is 0 Å². The van der Waals surface area contributed by atoms with E-state index in [-0.39, 0.29) is 0 Å². The lowest BCUT2D eigenvalue weighted by Crippen LogP contribution is -2.61. The predicted molar refractivity (Wildman–Crippen MR) is 99.7 cm³/mol. The number of nitrogens with zero attached hydrogens (tertiary/aromatic N) is 3. The van der Waals surface area contributed by atoms with Gasteiger partial charge in [-0.15, -0.1) is 0 Å². The number of ether oxygens (including phenoxy) is 1. The largest absolute Gasteiger partial charge is 0.497 e. The number of aromatic amines is 1. The fraction of sp³-hybridized carbons (Fsp3) is 0.550. The molecule has 5 nitrogen and oxygen atoms in total. The molecule has 2 aromatic rings. The second kappa shape index (κ2) is 7.18. The first-order valence-electron chi connectivity index (χ1n) is 9.39. The highest BCUT2D eigenvalue weighted by Crippen LogP contribution is 2.28. The molecule has 25 heavy (non-hydrogen) atoms. The zero-order valence-electron chi connectivity index (χ0n) is 15.2. The lowest BCUT2D eigenvalue weighted by molar-refractivity contribution is -0.00613. The van der Waals surface area contributed by atoms with Crippen molar-refractivity contribution in [3.05, 3.63) is 36.0 Å². The number of hydrogen-bond acceptors (Lipinski definition) is 4. The molecule has 0 spiro atoms. The monoisotopic (exact) mass is 340 g/mol. The molecule has 2 saturated heterocycles. The van der Waals surface area contributed by atoms with Gasteiger partial charge in [0, 0.05) is 42.8 Å². The summed E-state index contributed by atoms with van der Waals surface area (Å²) in [4.78, 5) is 5.25. The predicted octanol–water partition coefficient (Wildman–Crippen LogP) is 3.14. The van der Waals surface area contributed by atoms with Gasteiger partial charge in [-0.25, -0.2) is 0 Å². The summed E-state index contributed by atoms with van der Waals surface area (Å²) in [6.07, 6.45) is 6.09. The summed E-state index contributed by atoms with van der Waals surface area (Å²) in [7, 11) is 1.69. The fourth-order valence-electron chi connectivity index (χ4n) is 4.22.